The zero-order valence-corrected chi connectivity index (χ0v) is 10.9. The lowest BCUT2D eigenvalue weighted by Gasteiger charge is -2.09. The molecule has 0 aromatic carbocycles. The molecule has 2 N–H and O–H groups in total. The first kappa shape index (κ1) is 15.2. The molecule has 0 aliphatic heterocycles. The molecule has 5 nitrogen and oxygen atoms in total. The molecule has 0 saturated carbocycles. The fraction of sp³-hybridized carbons (Fsp3) is 0.444. The normalized spacial score (nSPS) is 12.8. The lowest BCUT2D eigenvalue weighted by atomic mass is 10.1. The molecule has 7 heteroatoms. The summed E-state index contributed by atoms with van der Waals surface area (Å²) in [5.74, 6) is 0.255. The molecule has 0 spiro atoms. The van der Waals surface area contributed by atoms with Gasteiger partial charge in [0.25, 0.3) is 0 Å². The third-order valence-corrected chi connectivity index (χ3v) is 2.88. The van der Waals surface area contributed by atoms with Crippen LogP contribution in [0.5, 0.6) is 5.88 Å². The van der Waals surface area contributed by atoms with Gasteiger partial charge >= 0.3 is 0 Å². The van der Waals surface area contributed by atoms with Gasteiger partial charge in [-0.2, -0.15) is 0 Å². The van der Waals surface area contributed by atoms with Crippen LogP contribution in [0.25, 0.3) is 0 Å². The van der Waals surface area contributed by atoms with Gasteiger partial charge in [0.05, 0.1) is 7.11 Å². The van der Waals surface area contributed by atoms with Crippen molar-refractivity contribution in [3.63, 3.8) is 0 Å². The summed E-state index contributed by atoms with van der Waals surface area (Å²) in [5, 5.41) is -0.0193. The topological polar surface area (TPSA) is 82.3 Å². The maximum Gasteiger partial charge on any atom is 0.214 e. The van der Waals surface area contributed by atoms with E-state index >= 15 is 0 Å². The predicted octanol–water partition coefficient (Wildman–Crippen LogP) is 0.935. The highest BCUT2D eigenvalue weighted by Gasteiger charge is 2.13. The molecule has 0 aliphatic rings. The monoisotopic (exact) mass is 266 g/mol. The zero-order valence-electron chi connectivity index (χ0n) is 9.30. The Morgan fingerprint density at radius 2 is 2.00 bits per heavy atom. The van der Waals surface area contributed by atoms with Crippen molar-refractivity contribution in [2.45, 2.75) is 18.0 Å². The van der Waals surface area contributed by atoms with Crippen LogP contribution in [0.15, 0.2) is 17.2 Å². The molecule has 0 radical (unpaired) electrons. The number of sulfone groups is 1. The number of hydrogen-bond acceptors (Lipinski definition) is 5. The van der Waals surface area contributed by atoms with E-state index in [2.05, 4.69) is 4.98 Å². The van der Waals surface area contributed by atoms with E-state index in [0.717, 1.165) is 6.26 Å². The fourth-order valence-corrected chi connectivity index (χ4v) is 1.66. The molecule has 0 amide bonds. The van der Waals surface area contributed by atoms with Crippen LogP contribution in [-0.4, -0.2) is 26.8 Å². The standard InChI is InChI=1S/C9H14N2O3S.ClH/c1-6(10)7-4-8(14-2)11-9(5-7)15(3,12)13;/h4-6H,10H2,1-3H3;1H. The quantitative estimate of drug-likeness (QED) is 0.880. The Morgan fingerprint density at radius 1 is 1.44 bits per heavy atom. The number of pyridine rings is 1. The third-order valence-electron chi connectivity index (χ3n) is 1.92. The van der Waals surface area contributed by atoms with Crippen molar-refractivity contribution in [3.05, 3.63) is 17.7 Å². The molecule has 1 rings (SSSR count). The number of nitrogens with zero attached hydrogens (tertiary/aromatic N) is 1. The van der Waals surface area contributed by atoms with Gasteiger partial charge in [0.1, 0.15) is 0 Å². The molecule has 1 unspecified atom stereocenters. The lowest BCUT2D eigenvalue weighted by Crippen LogP contribution is -2.09. The molecule has 1 heterocycles. The van der Waals surface area contributed by atoms with Crippen molar-refractivity contribution < 1.29 is 13.2 Å². The van der Waals surface area contributed by atoms with Crippen LogP contribution < -0.4 is 10.5 Å². The number of aromatic nitrogens is 1. The maximum absolute atomic E-state index is 11.3. The van der Waals surface area contributed by atoms with Crippen molar-refractivity contribution in [1.82, 2.24) is 4.98 Å². The van der Waals surface area contributed by atoms with E-state index in [1.54, 1.807) is 13.0 Å². The van der Waals surface area contributed by atoms with Crippen LogP contribution in [-0.2, 0) is 9.84 Å². The molecular formula is C9H15ClN2O3S. The average molecular weight is 267 g/mol. The lowest BCUT2D eigenvalue weighted by molar-refractivity contribution is 0.392. The number of methoxy groups -OCH3 is 1. The van der Waals surface area contributed by atoms with Crippen molar-refractivity contribution in [2.24, 2.45) is 5.73 Å². The highest BCUT2D eigenvalue weighted by Crippen LogP contribution is 2.19. The summed E-state index contributed by atoms with van der Waals surface area (Å²) in [5.41, 5.74) is 6.35. The maximum atomic E-state index is 11.3. The molecule has 1 aromatic rings. The second-order valence-corrected chi connectivity index (χ2v) is 5.30. The van der Waals surface area contributed by atoms with E-state index < -0.39 is 9.84 Å². The van der Waals surface area contributed by atoms with E-state index in [4.69, 9.17) is 10.5 Å². The Hall–Kier alpha value is -0.850. The molecule has 0 fully saturated rings. The molecule has 0 saturated heterocycles. The number of hydrogen-bond donors (Lipinski definition) is 1. The predicted molar refractivity (Wildman–Crippen MR) is 63.7 cm³/mol. The van der Waals surface area contributed by atoms with Crippen LogP contribution in [0, 0.1) is 0 Å². The Labute approximate surface area is 101 Å². The first-order valence-corrected chi connectivity index (χ1v) is 6.25. The first-order valence-electron chi connectivity index (χ1n) is 4.36. The van der Waals surface area contributed by atoms with E-state index in [-0.39, 0.29) is 29.4 Å². The van der Waals surface area contributed by atoms with Gasteiger partial charge in [0.15, 0.2) is 14.9 Å². The summed E-state index contributed by atoms with van der Waals surface area (Å²) in [4.78, 5) is 3.84. The van der Waals surface area contributed by atoms with E-state index in [0.29, 0.717) is 5.56 Å². The van der Waals surface area contributed by atoms with Crippen molar-refractivity contribution in [1.29, 1.82) is 0 Å². The Morgan fingerprint density at radius 3 is 2.38 bits per heavy atom. The minimum absolute atomic E-state index is 0. The summed E-state index contributed by atoms with van der Waals surface area (Å²) in [6.45, 7) is 1.76. The van der Waals surface area contributed by atoms with Crippen LogP contribution in [0.1, 0.15) is 18.5 Å². The molecule has 1 atom stereocenters. The van der Waals surface area contributed by atoms with Gasteiger partial charge in [-0.3, -0.25) is 0 Å². The molecule has 0 aliphatic carbocycles. The fourth-order valence-electron chi connectivity index (χ4n) is 1.06. The molecule has 16 heavy (non-hydrogen) atoms. The van der Waals surface area contributed by atoms with E-state index in [1.807, 2.05) is 0 Å². The van der Waals surface area contributed by atoms with Crippen LogP contribution in [0.3, 0.4) is 0 Å². The highest BCUT2D eigenvalue weighted by atomic mass is 35.5. The summed E-state index contributed by atoms with van der Waals surface area (Å²) in [7, 11) is -1.91. The number of halogens is 1. The van der Waals surface area contributed by atoms with Gasteiger partial charge in [-0.05, 0) is 18.6 Å². The Balaban J connectivity index is 0.00000225. The minimum Gasteiger partial charge on any atom is -0.481 e. The van der Waals surface area contributed by atoms with Crippen molar-refractivity contribution in [2.75, 3.05) is 13.4 Å². The van der Waals surface area contributed by atoms with Crippen molar-refractivity contribution in [3.8, 4) is 5.88 Å². The summed E-state index contributed by atoms with van der Waals surface area (Å²) < 4.78 is 27.5. The van der Waals surface area contributed by atoms with Crippen LogP contribution in [0.2, 0.25) is 0 Å². The largest absolute Gasteiger partial charge is 0.481 e. The average Bonchev–Trinajstić information content (AvgIpc) is 2.15. The van der Waals surface area contributed by atoms with Gasteiger partial charge in [-0.15, -0.1) is 12.4 Å². The highest BCUT2D eigenvalue weighted by molar-refractivity contribution is 7.90. The molecule has 1 aromatic heterocycles. The van der Waals surface area contributed by atoms with E-state index in [9.17, 15) is 8.42 Å². The zero-order chi connectivity index (χ0) is 11.6. The number of ether oxygens (including phenoxy) is 1. The second kappa shape index (κ2) is 5.47. The Kier molecular flexibility index (Phi) is 5.18. The Bertz CT molecular complexity index is 460. The van der Waals surface area contributed by atoms with Gasteiger partial charge < -0.3 is 10.5 Å². The minimum atomic E-state index is -3.34. The van der Waals surface area contributed by atoms with Crippen LogP contribution in [0.4, 0.5) is 0 Å². The summed E-state index contributed by atoms with van der Waals surface area (Å²) in [6.07, 6.45) is 1.10. The number of nitrogens with two attached hydrogens (primary N) is 1. The number of rotatable bonds is 3. The first-order chi connectivity index (χ1) is 6.84. The smallest absolute Gasteiger partial charge is 0.214 e. The molecule has 0 bridgehead atoms. The summed E-state index contributed by atoms with van der Waals surface area (Å²) >= 11 is 0. The van der Waals surface area contributed by atoms with Gasteiger partial charge in [-0.25, -0.2) is 13.4 Å². The van der Waals surface area contributed by atoms with Gasteiger partial charge in [0.2, 0.25) is 5.88 Å². The van der Waals surface area contributed by atoms with Crippen LogP contribution >= 0.6 is 12.4 Å². The molecular weight excluding hydrogens is 252 g/mol. The SMILES string of the molecule is COc1cc(C(C)N)cc(S(C)(=O)=O)n1.Cl. The van der Waals surface area contributed by atoms with Crippen molar-refractivity contribution >= 4 is 22.2 Å². The van der Waals surface area contributed by atoms with Gasteiger partial charge in [-0.1, -0.05) is 0 Å². The summed E-state index contributed by atoms with van der Waals surface area (Å²) in [6, 6.07) is 2.82. The van der Waals surface area contributed by atoms with Gasteiger partial charge in [0, 0.05) is 18.4 Å². The van der Waals surface area contributed by atoms with E-state index in [1.165, 1.54) is 13.2 Å². The third kappa shape index (κ3) is 3.62. The molecule has 92 valence electrons. The second-order valence-electron chi connectivity index (χ2n) is 3.34.